The molecule has 0 atom stereocenters. The third-order valence-electron chi connectivity index (χ3n) is 10.9. The van der Waals surface area contributed by atoms with Crippen LogP contribution in [0.4, 0.5) is 0 Å². The summed E-state index contributed by atoms with van der Waals surface area (Å²) in [7, 11) is 0. The zero-order chi connectivity index (χ0) is 37.0. The molecule has 56 heavy (non-hydrogen) atoms. The van der Waals surface area contributed by atoms with Crippen LogP contribution in [0.1, 0.15) is 0 Å². The van der Waals surface area contributed by atoms with Crippen LogP contribution in [0.25, 0.3) is 99.9 Å². The molecule has 0 aliphatic heterocycles. The zero-order valence-corrected chi connectivity index (χ0v) is 30.4. The second-order valence-electron chi connectivity index (χ2n) is 14.3. The van der Waals surface area contributed by atoms with Crippen molar-refractivity contribution < 1.29 is 0 Å². The smallest absolute Gasteiger partial charge is 0.145 e. The molecular weight excluding hydrogens is 681 g/mol. The summed E-state index contributed by atoms with van der Waals surface area (Å²) >= 11 is 0. The van der Waals surface area contributed by atoms with Crippen molar-refractivity contribution in [2.24, 2.45) is 0 Å². The van der Waals surface area contributed by atoms with Crippen LogP contribution in [0.3, 0.4) is 0 Å². The minimum Gasteiger partial charge on any atom is -0.309 e. The largest absolute Gasteiger partial charge is 0.309 e. The Morgan fingerprint density at radius 2 is 0.857 bits per heavy atom. The van der Waals surface area contributed by atoms with E-state index in [2.05, 4.69) is 203 Å². The van der Waals surface area contributed by atoms with E-state index in [0.717, 1.165) is 78.2 Å². The van der Waals surface area contributed by atoms with Gasteiger partial charge in [0.25, 0.3) is 0 Å². The first-order valence-corrected chi connectivity index (χ1v) is 19.0. The molecule has 0 unspecified atom stereocenters. The van der Waals surface area contributed by atoms with Gasteiger partial charge >= 0.3 is 0 Å². The number of pyridine rings is 2. The minimum atomic E-state index is 0.937. The average Bonchev–Trinajstić information content (AvgIpc) is 3.79. The fourth-order valence-electron chi connectivity index (χ4n) is 8.31. The van der Waals surface area contributed by atoms with Crippen molar-refractivity contribution in [1.29, 1.82) is 0 Å². The van der Waals surface area contributed by atoms with E-state index < -0.39 is 0 Å². The van der Waals surface area contributed by atoms with E-state index in [1.54, 1.807) is 0 Å². The first kappa shape index (κ1) is 31.9. The number of hydrogen-bond donors (Lipinski definition) is 0. The SMILES string of the molecule is c1ccc(-c2cc(-c3ccccc3)nc(-c3cccc(-n4c5ccccc5c5cc(-c6cnc7c(c6)c6ccccc6n7-c6ccccc6)ccc54)c3)c2)cc1. The topological polar surface area (TPSA) is 35.6 Å². The summed E-state index contributed by atoms with van der Waals surface area (Å²) in [5.41, 5.74) is 15.2. The predicted octanol–water partition coefficient (Wildman–Crippen LogP) is 13.3. The molecular formula is C52H34N4. The Kier molecular flexibility index (Phi) is 7.46. The Morgan fingerprint density at radius 1 is 0.304 bits per heavy atom. The summed E-state index contributed by atoms with van der Waals surface area (Å²) in [5.74, 6) is 0. The Hall–Kier alpha value is -7.56. The van der Waals surface area contributed by atoms with E-state index in [1.165, 1.54) is 21.7 Å². The Morgan fingerprint density at radius 3 is 1.61 bits per heavy atom. The molecule has 0 amide bonds. The number of benzene rings is 7. The molecule has 4 heteroatoms. The van der Waals surface area contributed by atoms with Gasteiger partial charge in [-0.25, -0.2) is 9.97 Å². The molecule has 0 bridgehead atoms. The number of aromatic nitrogens is 4. The molecule has 4 nitrogen and oxygen atoms in total. The molecule has 0 aliphatic carbocycles. The quantitative estimate of drug-likeness (QED) is 0.172. The highest BCUT2D eigenvalue weighted by Gasteiger charge is 2.17. The summed E-state index contributed by atoms with van der Waals surface area (Å²) < 4.78 is 4.64. The summed E-state index contributed by atoms with van der Waals surface area (Å²) in [4.78, 5) is 10.3. The van der Waals surface area contributed by atoms with Crippen molar-refractivity contribution in [2.45, 2.75) is 0 Å². The second-order valence-corrected chi connectivity index (χ2v) is 14.3. The summed E-state index contributed by atoms with van der Waals surface area (Å²) in [5, 5.41) is 4.74. The third-order valence-corrected chi connectivity index (χ3v) is 10.9. The van der Waals surface area contributed by atoms with E-state index in [4.69, 9.17) is 9.97 Å². The number of fused-ring (bicyclic) bond motifs is 6. The maximum atomic E-state index is 5.23. The normalized spacial score (nSPS) is 11.6. The minimum absolute atomic E-state index is 0.937. The van der Waals surface area contributed by atoms with Crippen LogP contribution in [0.15, 0.2) is 206 Å². The molecule has 4 aromatic heterocycles. The van der Waals surface area contributed by atoms with Gasteiger partial charge in [-0.15, -0.1) is 0 Å². The van der Waals surface area contributed by atoms with Crippen molar-refractivity contribution in [3.8, 4) is 56.1 Å². The molecule has 0 aliphatic rings. The van der Waals surface area contributed by atoms with Crippen LogP contribution in [-0.4, -0.2) is 19.1 Å². The van der Waals surface area contributed by atoms with Gasteiger partial charge in [-0.05, 0) is 83.4 Å². The molecule has 0 spiro atoms. The Balaban J connectivity index is 1.05. The van der Waals surface area contributed by atoms with Gasteiger partial charge in [0.15, 0.2) is 0 Å². The van der Waals surface area contributed by atoms with E-state index in [9.17, 15) is 0 Å². The highest BCUT2D eigenvalue weighted by Crippen LogP contribution is 2.38. The van der Waals surface area contributed by atoms with Gasteiger partial charge in [-0.1, -0.05) is 133 Å². The molecule has 0 radical (unpaired) electrons. The van der Waals surface area contributed by atoms with Crippen molar-refractivity contribution in [3.63, 3.8) is 0 Å². The molecule has 0 N–H and O–H groups in total. The Bertz CT molecular complexity index is 3170. The fourth-order valence-corrected chi connectivity index (χ4v) is 8.31. The van der Waals surface area contributed by atoms with Crippen molar-refractivity contribution in [3.05, 3.63) is 206 Å². The van der Waals surface area contributed by atoms with Gasteiger partial charge in [-0.2, -0.15) is 0 Å². The first-order valence-electron chi connectivity index (χ1n) is 19.0. The van der Waals surface area contributed by atoms with Crippen LogP contribution in [-0.2, 0) is 0 Å². The standard InChI is InChI=1S/C52H34N4/c1-4-15-35(16-5-1)39-32-47(36-17-6-2-7-18-36)54-48(33-39)38-19-14-22-42(29-38)55-49-25-12-10-23-43(49)45-30-37(27-28-51(45)55)40-31-46-44-24-11-13-26-50(44)56(52(46)53-34-40)41-20-8-3-9-21-41/h1-34H. The van der Waals surface area contributed by atoms with Crippen LogP contribution in [0, 0.1) is 0 Å². The second kappa shape index (κ2) is 13.1. The number of para-hydroxylation sites is 3. The van der Waals surface area contributed by atoms with Crippen LogP contribution >= 0.6 is 0 Å². The average molecular weight is 715 g/mol. The molecule has 262 valence electrons. The fraction of sp³-hybridized carbons (Fsp3) is 0. The van der Waals surface area contributed by atoms with Gasteiger partial charge < -0.3 is 4.57 Å². The van der Waals surface area contributed by atoms with Gasteiger partial charge in [0, 0.05) is 55.8 Å². The summed E-state index contributed by atoms with van der Waals surface area (Å²) in [6.07, 6.45) is 2.02. The molecule has 0 fully saturated rings. The van der Waals surface area contributed by atoms with Crippen LogP contribution in [0.5, 0.6) is 0 Å². The molecule has 11 aromatic rings. The molecule has 7 aromatic carbocycles. The predicted molar refractivity (Wildman–Crippen MR) is 232 cm³/mol. The van der Waals surface area contributed by atoms with E-state index in [0.29, 0.717) is 0 Å². The van der Waals surface area contributed by atoms with Crippen molar-refractivity contribution in [1.82, 2.24) is 19.1 Å². The van der Waals surface area contributed by atoms with Crippen molar-refractivity contribution in [2.75, 3.05) is 0 Å². The lowest BCUT2D eigenvalue weighted by Crippen LogP contribution is -1.96. The van der Waals surface area contributed by atoms with Gasteiger partial charge in [0.05, 0.1) is 27.9 Å². The van der Waals surface area contributed by atoms with E-state index in [-0.39, 0.29) is 0 Å². The van der Waals surface area contributed by atoms with Gasteiger partial charge in [0.1, 0.15) is 5.65 Å². The van der Waals surface area contributed by atoms with Crippen LogP contribution in [0.2, 0.25) is 0 Å². The summed E-state index contributed by atoms with van der Waals surface area (Å²) in [6.45, 7) is 0. The summed E-state index contributed by atoms with van der Waals surface area (Å²) in [6, 6.07) is 71.1. The monoisotopic (exact) mass is 714 g/mol. The molecule has 4 heterocycles. The number of rotatable bonds is 6. The lowest BCUT2D eigenvalue weighted by molar-refractivity contribution is 1.14. The maximum Gasteiger partial charge on any atom is 0.145 e. The highest BCUT2D eigenvalue weighted by molar-refractivity contribution is 6.12. The van der Waals surface area contributed by atoms with Gasteiger partial charge in [0.2, 0.25) is 0 Å². The van der Waals surface area contributed by atoms with E-state index in [1.807, 2.05) is 12.3 Å². The van der Waals surface area contributed by atoms with Crippen molar-refractivity contribution >= 4 is 43.7 Å². The Labute approximate surface area is 324 Å². The van der Waals surface area contributed by atoms with Crippen LogP contribution < -0.4 is 0 Å². The zero-order valence-electron chi connectivity index (χ0n) is 30.4. The number of hydrogen-bond acceptors (Lipinski definition) is 2. The lowest BCUT2D eigenvalue weighted by atomic mass is 10.00. The van der Waals surface area contributed by atoms with Gasteiger partial charge in [-0.3, -0.25) is 4.57 Å². The lowest BCUT2D eigenvalue weighted by Gasteiger charge is -2.13. The molecule has 0 saturated heterocycles. The van der Waals surface area contributed by atoms with E-state index >= 15 is 0 Å². The maximum absolute atomic E-state index is 5.23. The highest BCUT2D eigenvalue weighted by atomic mass is 15.0. The molecule has 11 rings (SSSR count). The first-order chi connectivity index (χ1) is 27.8. The molecule has 0 saturated carbocycles. The third kappa shape index (κ3) is 5.31. The number of nitrogens with zero attached hydrogens (tertiary/aromatic N) is 4.